The van der Waals surface area contributed by atoms with Crippen LogP contribution in [-0.4, -0.2) is 112 Å². The molecule has 20 heteroatoms. The van der Waals surface area contributed by atoms with Crippen LogP contribution in [0.2, 0.25) is 0 Å². The van der Waals surface area contributed by atoms with Crippen LogP contribution in [0.1, 0.15) is 225 Å². The molecule has 0 radical (unpaired) electrons. The zero-order valence-electron chi connectivity index (χ0n) is 72.7. The number of nitrogens with one attached hydrogen (secondary N) is 2. The smallest absolute Gasteiger partial charge is 0.262 e. The normalized spacial score (nSPS) is 17.4. The number of epoxide rings is 2. The van der Waals surface area contributed by atoms with E-state index in [1.54, 1.807) is 46.5 Å². The van der Waals surface area contributed by atoms with Crippen LogP contribution in [0.15, 0.2) is 212 Å². The van der Waals surface area contributed by atoms with E-state index >= 15 is 28.8 Å². The lowest BCUT2D eigenvalue weighted by Gasteiger charge is -2.38. The van der Waals surface area contributed by atoms with Crippen LogP contribution in [0.5, 0.6) is 46.0 Å². The number of aromatic nitrogens is 2. The highest BCUT2D eigenvalue weighted by atomic mass is 16.6. The molecule has 6 heterocycles. The molecule has 3 aliphatic carbocycles. The lowest BCUT2D eigenvalue weighted by molar-refractivity contribution is -0.123. The number of allylic oxidation sites excluding steroid dienone is 2. The van der Waals surface area contributed by atoms with Crippen LogP contribution < -0.4 is 39.4 Å². The molecule has 4 atom stereocenters. The molecule has 6 amide bonds. The van der Waals surface area contributed by atoms with Crippen LogP contribution in [0, 0.1) is 11.8 Å². The molecule has 0 bridgehead atoms. The number of carbonyl (C=O) groups is 6. The standard InChI is InChI=1S/C106H106N8O12/c1-61(2)69-27-35-75(36-28-69)123-87-51-81-93-82(102(116)113(101(81)115)85(47-65-19-15-16-20-65)105(119)111(57-67-23-11-9-12-24-67)91-49-73(43-45-107-91)109-55-79-59-121-79)53-89(125-77-39-31-71(32-40-77)63(5)6)97-98-90(126-78-41-33-72(34-42-78)64(7)8)54-84-94-83(52-88(96(100(94)98)95(87)99(93)97)124-76-37-29-70(30-38-76)62(3)4)103(117)114(104(84)118)86(48-66-21-17-18-22-66)106(120)112(58-68-25-13-10-14-26-68)92-50-74(44-46-108-92)110-56-80-60-122-80/h9,11-13,23-46,49-54,61-66,79-80,85-86H,10,14-22,47-48,55-60H2,1-8H3,(H,107,109)(H,108,110). The Hall–Kier alpha value is -12.8. The number of ether oxygens (including phenoxy) is 6. The molecule has 2 N–H and O–H groups in total. The van der Waals surface area contributed by atoms with Gasteiger partial charge < -0.3 is 39.1 Å². The first-order valence-corrected chi connectivity index (χ1v) is 45.1. The number of pyridine rings is 2. The summed E-state index contributed by atoms with van der Waals surface area (Å²) in [6.45, 7) is 19.5. The van der Waals surface area contributed by atoms with E-state index in [-0.39, 0.29) is 130 Å². The van der Waals surface area contributed by atoms with Crippen LogP contribution in [0.25, 0.3) is 43.1 Å². The van der Waals surface area contributed by atoms with Gasteiger partial charge in [-0.15, -0.1) is 0 Å². The Labute approximate surface area is 734 Å². The van der Waals surface area contributed by atoms with Crippen LogP contribution in [-0.2, 0) is 25.6 Å². The van der Waals surface area contributed by atoms with E-state index in [1.165, 1.54) is 9.80 Å². The van der Waals surface area contributed by atoms with Gasteiger partial charge in [0.15, 0.2) is 0 Å². The van der Waals surface area contributed by atoms with Gasteiger partial charge in [-0.3, -0.25) is 48.4 Å². The zero-order valence-corrected chi connectivity index (χ0v) is 72.7. The predicted molar refractivity (Wildman–Crippen MR) is 493 cm³/mol. The van der Waals surface area contributed by atoms with Gasteiger partial charge in [0.2, 0.25) is 0 Å². The summed E-state index contributed by atoms with van der Waals surface area (Å²) in [6, 6.07) is 52.2. The highest BCUT2D eigenvalue weighted by Gasteiger charge is 2.49. The number of anilines is 4. The molecule has 12 aromatic rings. The Morgan fingerprint density at radius 2 is 0.762 bits per heavy atom. The number of imide groups is 2. The van der Waals surface area contributed by atoms with Gasteiger partial charge in [0.25, 0.3) is 35.4 Å². The molecule has 4 aliphatic heterocycles. The van der Waals surface area contributed by atoms with Crippen molar-refractivity contribution in [3.8, 4) is 46.0 Å². The molecule has 7 aliphatic rings. The van der Waals surface area contributed by atoms with Crippen molar-refractivity contribution in [2.24, 2.45) is 11.8 Å². The van der Waals surface area contributed by atoms with Gasteiger partial charge in [0.1, 0.15) is 69.7 Å². The summed E-state index contributed by atoms with van der Waals surface area (Å²) in [5.74, 6) is -0.692. The van der Waals surface area contributed by atoms with Crippen LogP contribution in [0.3, 0.4) is 0 Å². The van der Waals surface area contributed by atoms with E-state index in [4.69, 9.17) is 38.4 Å². The molecule has 4 fully saturated rings. The van der Waals surface area contributed by atoms with Gasteiger partial charge in [0.05, 0.1) is 60.8 Å². The minimum Gasteiger partial charge on any atom is -0.457 e. The lowest BCUT2D eigenvalue weighted by Crippen LogP contribution is -2.55. The van der Waals surface area contributed by atoms with Gasteiger partial charge >= 0.3 is 0 Å². The molecule has 126 heavy (non-hydrogen) atoms. The second kappa shape index (κ2) is 35.0. The van der Waals surface area contributed by atoms with Crippen molar-refractivity contribution in [3.63, 3.8) is 0 Å². The highest BCUT2D eigenvalue weighted by Crippen LogP contribution is 2.59. The third-order valence-corrected chi connectivity index (χ3v) is 26.4. The quantitative estimate of drug-likeness (QED) is 0.0173. The summed E-state index contributed by atoms with van der Waals surface area (Å²) in [5.41, 5.74) is 7.53. The van der Waals surface area contributed by atoms with Gasteiger partial charge in [-0.2, -0.15) is 0 Å². The van der Waals surface area contributed by atoms with Crippen molar-refractivity contribution >= 4 is 102 Å². The van der Waals surface area contributed by atoms with Gasteiger partial charge in [-0.25, -0.2) is 9.97 Å². The fourth-order valence-electron chi connectivity index (χ4n) is 19.2. The van der Waals surface area contributed by atoms with Gasteiger partial charge in [-0.05, 0) is 180 Å². The average Bonchev–Trinajstić information content (AvgIpc) is 0.838. The molecule has 642 valence electrons. The first-order valence-electron chi connectivity index (χ1n) is 45.1. The van der Waals surface area contributed by atoms with Crippen LogP contribution >= 0.6 is 0 Å². The fourth-order valence-corrected chi connectivity index (χ4v) is 19.2. The lowest BCUT2D eigenvalue weighted by atomic mass is 9.80. The molecule has 2 saturated heterocycles. The van der Waals surface area contributed by atoms with Crippen molar-refractivity contribution in [1.82, 2.24) is 19.8 Å². The molecular weight excluding hydrogens is 1580 g/mol. The summed E-state index contributed by atoms with van der Waals surface area (Å²) in [5, 5.41) is 9.40. The Morgan fingerprint density at radius 1 is 0.421 bits per heavy atom. The maximum atomic E-state index is 17.4. The number of benzene rings is 10. The molecule has 2 saturated carbocycles. The van der Waals surface area contributed by atoms with Crippen molar-refractivity contribution in [1.29, 1.82) is 0 Å². The number of amides is 6. The van der Waals surface area contributed by atoms with E-state index in [9.17, 15) is 0 Å². The Morgan fingerprint density at radius 3 is 1.08 bits per heavy atom. The first kappa shape index (κ1) is 82.8. The van der Waals surface area contributed by atoms with E-state index in [0.717, 1.165) is 103 Å². The molecule has 4 unspecified atom stereocenters. The monoisotopic (exact) mass is 1680 g/mol. The number of nitrogens with zero attached hydrogens (tertiary/aromatic N) is 6. The Kier molecular flexibility index (Phi) is 23.0. The topological polar surface area (TPSA) is 227 Å². The Bertz CT molecular complexity index is 6030. The third-order valence-electron chi connectivity index (χ3n) is 26.4. The summed E-state index contributed by atoms with van der Waals surface area (Å²) in [7, 11) is 0. The molecule has 20 nitrogen and oxygen atoms in total. The number of carbonyl (C=O) groups excluding carboxylic acids is 6. The maximum absolute atomic E-state index is 17.4. The van der Waals surface area contributed by atoms with E-state index in [1.807, 2.05) is 158 Å². The zero-order chi connectivity index (χ0) is 86.7. The minimum atomic E-state index is -1.39. The van der Waals surface area contributed by atoms with Gasteiger partial charge in [-0.1, -0.05) is 204 Å². The minimum absolute atomic E-state index is 0.0419. The first-order chi connectivity index (χ1) is 61.2. The number of hydrogen-bond acceptors (Lipinski definition) is 16. The largest absolute Gasteiger partial charge is 0.457 e. The maximum Gasteiger partial charge on any atom is 0.262 e. The van der Waals surface area contributed by atoms with E-state index < -0.39 is 47.5 Å². The third kappa shape index (κ3) is 16.6. The van der Waals surface area contributed by atoms with E-state index in [0.29, 0.717) is 98.9 Å². The number of rotatable bonds is 32. The summed E-state index contributed by atoms with van der Waals surface area (Å²) in [6.07, 6.45) is 18.4. The molecule has 19 rings (SSSR count). The predicted octanol–water partition coefficient (Wildman–Crippen LogP) is 23.4. The van der Waals surface area contributed by atoms with Crippen molar-refractivity contribution in [2.45, 2.75) is 187 Å². The van der Waals surface area contributed by atoms with E-state index in [2.05, 4.69) is 78.2 Å². The Balaban J connectivity index is 0.895. The SMILES string of the molecule is CC(C)c1ccc(Oc2cc3c4c(cc(Oc5ccc(C(C)C)cc5)c5c6c(Oc7ccc(C(C)C)cc7)cc7c8c(cc(Oc9ccc(C(C)C)cc9)c(c2c45)c86)C(=O)N(C(CC2CCCC2)C(=O)N(Cc2ccccc2)c2cc(NCC4CO4)ccn2)C7=O)C(=O)N(C(CC2CCCC2)C(=O)N(CC2=CCCC=C2)c2cc(NCC4CO4)ccn2)C3=O)cc1. The molecular formula is C106H106N8O12. The average molecular weight is 1680 g/mol. The molecule has 10 aromatic carbocycles. The molecule has 2 aromatic heterocycles. The summed E-state index contributed by atoms with van der Waals surface area (Å²) in [4.78, 5) is 119. The van der Waals surface area contributed by atoms with Gasteiger partial charge in [0, 0.05) is 92.1 Å². The van der Waals surface area contributed by atoms with Crippen LogP contribution in [0.4, 0.5) is 23.0 Å². The van der Waals surface area contributed by atoms with Crippen molar-refractivity contribution in [3.05, 3.63) is 262 Å². The molecule has 0 spiro atoms. The second-order valence-electron chi connectivity index (χ2n) is 36.3. The second-order valence-corrected chi connectivity index (χ2v) is 36.3. The summed E-state index contributed by atoms with van der Waals surface area (Å²) < 4.78 is 41.4. The van der Waals surface area contributed by atoms with Crippen molar-refractivity contribution in [2.75, 3.05) is 53.3 Å². The fraction of sp³-hybridized carbons (Fsp3) is 0.340. The summed E-state index contributed by atoms with van der Waals surface area (Å²) >= 11 is 0. The number of fused-ring (bicyclic) bond motifs is 2. The highest BCUT2D eigenvalue weighted by molar-refractivity contribution is 6.45. The van der Waals surface area contributed by atoms with Crippen molar-refractivity contribution < 1.29 is 57.2 Å². The number of hydrogen-bond donors (Lipinski definition) is 2.